The molecule has 0 bridgehead atoms. The van der Waals surface area contributed by atoms with Crippen molar-refractivity contribution in [1.82, 2.24) is 14.5 Å². The number of hydrogen-bond acceptors (Lipinski definition) is 2. The van der Waals surface area contributed by atoms with Crippen molar-refractivity contribution in [2.75, 3.05) is 20.1 Å². The van der Waals surface area contributed by atoms with Crippen LogP contribution in [0.2, 0.25) is 0 Å². The molecule has 0 N–H and O–H groups in total. The maximum atomic E-state index is 6.37. The highest BCUT2D eigenvalue weighted by Gasteiger charge is 2.21. The Kier molecular flexibility index (Phi) is 4.23. The molecule has 3 nitrogen and oxygen atoms in total. The molecule has 1 fully saturated rings. The Hall–Kier alpha value is -1.06. The van der Waals surface area contributed by atoms with Gasteiger partial charge in [-0.1, -0.05) is 6.07 Å². The third-order valence-electron chi connectivity index (χ3n) is 4.57. The lowest BCUT2D eigenvalue weighted by Gasteiger charge is -2.29. The number of alkyl halides is 1. The third kappa shape index (κ3) is 3.09. The smallest absolute Gasteiger partial charge is 0.127 e. The number of piperidine rings is 1. The number of rotatable bonds is 3. The summed E-state index contributed by atoms with van der Waals surface area (Å²) in [5, 5.41) is -0.0519. The summed E-state index contributed by atoms with van der Waals surface area (Å²) in [4.78, 5) is 7.19. The lowest BCUT2D eigenvalue weighted by molar-refractivity contribution is 0.205. The molecule has 21 heavy (non-hydrogen) atoms. The van der Waals surface area contributed by atoms with Crippen molar-refractivity contribution in [1.29, 1.82) is 0 Å². The summed E-state index contributed by atoms with van der Waals surface area (Å²) >= 11 is 6.37. The minimum Gasteiger partial charge on any atom is -0.326 e. The second kappa shape index (κ2) is 5.98. The van der Waals surface area contributed by atoms with Gasteiger partial charge in [0, 0.05) is 6.54 Å². The van der Waals surface area contributed by atoms with Crippen molar-refractivity contribution in [3.63, 3.8) is 0 Å². The van der Waals surface area contributed by atoms with Crippen molar-refractivity contribution in [3.8, 4) is 0 Å². The Morgan fingerprint density at radius 1 is 1.33 bits per heavy atom. The highest BCUT2D eigenvalue weighted by molar-refractivity contribution is 6.20. The number of aromatic nitrogens is 2. The second-order valence-corrected chi connectivity index (χ2v) is 7.09. The Morgan fingerprint density at radius 3 is 2.71 bits per heavy atom. The summed E-state index contributed by atoms with van der Waals surface area (Å²) in [6, 6.07) is 6.51. The van der Waals surface area contributed by atoms with Gasteiger partial charge in [0.2, 0.25) is 0 Å². The molecule has 1 aliphatic rings. The molecule has 0 spiro atoms. The van der Waals surface area contributed by atoms with Gasteiger partial charge in [0.1, 0.15) is 5.82 Å². The van der Waals surface area contributed by atoms with Crippen LogP contribution in [0.25, 0.3) is 11.0 Å². The summed E-state index contributed by atoms with van der Waals surface area (Å²) < 4.78 is 2.35. The van der Waals surface area contributed by atoms with Crippen LogP contribution in [0, 0.1) is 12.8 Å². The molecule has 0 saturated carbocycles. The molecule has 1 atom stereocenters. The van der Waals surface area contributed by atoms with E-state index >= 15 is 0 Å². The molecule has 1 unspecified atom stereocenters. The van der Waals surface area contributed by atoms with Crippen LogP contribution in [0.1, 0.15) is 36.5 Å². The molecule has 1 aromatic carbocycles. The first-order valence-electron chi connectivity index (χ1n) is 7.84. The summed E-state index contributed by atoms with van der Waals surface area (Å²) in [6.45, 7) is 7.56. The molecule has 4 heteroatoms. The molecule has 0 amide bonds. The van der Waals surface area contributed by atoms with Gasteiger partial charge in [0.25, 0.3) is 0 Å². The zero-order chi connectivity index (χ0) is 15.0. The van der Waals surface area contributed by atoms with E-state index in [2.05, 4.69) is 41.6 Å². The number of fused-ring (bicyclic) bond motifs is 1. The highest BCUT2D eigenvalue weighted by Crippen LogP contribution is 2.28. The monoisotopic (exact) mass is 305 g/mol. The van der Waals surface area contributed by atoms with Crippen molar-refractivity contribution in [2.24, 2.45) is 5.92 Å². The standard InChI is InChI=1S/C17H24ClN3/c1-12-4-5-16-15(10-12)19-17(13(2)18)21(16)11-14-6-8-20(3)9-7-14/h4-5,10,13-14H,6-9,11H2,1-3H3. The molecule has 0 aliphatic carbocycles. The number of likely N-dealkylation sites (tertiary alicyclic amines) is 1. The van der Waals surface area contributed by atoms with Crippen molar-refractivity contribution in [2.45, 2.75) is 38.6 Å². The van der Waals surface area contributed by atoms with E-state index in [0.29, 0.717) is 0 Å². The predicted octanol–water partition coefficient (Wildman–Crippen LogP) is 3.99. The van der Waals surface area contributed by atoms with Crippen LogP contribution in [0.3, 0.4) is 0 Å². The molecule has 114 valence electrons. The van der Waals surface area contributed by atoms with Gasteiger partial charge in [0.05, 0.1) is 16.4 Å². The fourth-order valence-electron chi connectivity index (χ4n) is 3.26. The van der Waals surface area contributed by atoms with E-state index in [9.17, 15) is 0 Å². The van der Waals surface area contributed by atoms with E-state index in [4.69, 9.17) is 16.6 Å². The van der Waals surface area contributed by atoms with Crippen LogP contribution < -0.4 is 0 Å². The van der Waals surface area contributed by atoms with Gasteiger partial charge in [-0.25, -0.2) is 4.98 Å². The van der Waals surface area contributed by atoms with E-state index in [1.807, 2.05) is 6.92 Å². The van der Waals surface area contributed by atoms with Gasteiger partial charge in [-0.05, 0) is 70.4 Å². The molecular weight excluding hydrogens is 282 g/mol. The first kappa shape index (κ1) is 14.9. The van der Waals surface area contributed by atoms with Gasteiger partial charge >= 0.3 is 0 Å². The van der Waals surface area contributed by atoms with Crippen LogP contribution in [-0.2, 0) is 6.54 Å². The topological polar surface area (TPSA) is 21.1 Å². The van der Waals surface area contributed by atoms with Crippen LogP contribution in [0.4, 0.5) is 0 Å². The van der Waals surface area contributed by atoms with Crippen LogP contribution in [-0.4, -0.2) is 34.6 Å². The lowest BCUT2D eigenvalue weighted by Crippen LogP contribution is -2.32. The maximum Gasteiger partial charge on any atom is 0.127 e. The molecule has 1 aliphatic heterocycles. The van der Waals surface area contributed by atoms with E-state index in [0.717, 1.165) is 23.8 Å². The number of benzene rings is 1. The van der Waals surface area contributed by atoms with Crippen molar-refractivity contribution in [3.05, 3.63) is 29.6 Å². The van der Waals surface area contributed by atoms with Gasteiger partial charge < -0.3 is 9.47 Å². The minimum absolute atomic E-state index is 0.0519. The SMILES string of the molecule is Cc1ccc2c(c1)nc(C(C)Cl)n2CC1CCN(C)CC1. The van der Waals surface area contributed by atoms with Crippen LogP contribution >= 0.6 is 11.6 Å². The van der Waals surface area contributed by atoms with E-state index in [1.54, 1.807) is 0 Å². The quantitative estimate of drug-likeness (QED) is 0.800. The lowest BCUT2D eigenvalue weighted by atomic mass is 9.97. The number of hydrogen-bond donors (Lipinski definition) is 0. The van der Waals surface area contributed by atoms with Crippen molar-refractivity contribution < 1.29 is 0 Å². The Morgan fingerprint density at radius 2 is 2.05 bits per heavy atom. The van der Waals surface area contributed by atoms with E-state index < -0.39 is 0 Å². The van der Waals surface area contributed by atoms with Crippen LogP contribution in [0.15, 0.2) is 18.2 Å². The summed E-state index contributed by atoms with van der Waals surface area (Å²) in [7, 11) is 2.21. The van der Waals surface area contributed by atoms with Crippen LogP contribution in [0.5, 0.6) is 0 Å². The predicted molar refractivity (Wildman–Crippen MR) is 89.0 cm³/mol. The molecule has 2 heterocycles. The number of aryl methyl sites for hydroxylation is 1. The maximum absolute atomic E-state index is 6.37. The fourth-order valence-corrected chi connectivity index (χ4v) is 3.42. The largest absolute Gasteiger partial charge is 0.326 e. The molecule has 0 radical (unpaired) electrons. The van der Waals surface area contributed by atoms with E-state index in [-0.39, 0.29) is 5.38 Å². The minimum atomic E-state index is -0.0519. The zero-order valence-corrected chi connectivity index (χ0v) is 13.9. The Labute approximate surface area is 131 Å². The molecule has 2 aromatic rings. The van der Waals surface area contributed by atoms with Gasteiger partial charge in [-0.15, -0.1) is 11.6 Å². The second-order valence-electron chi connectivity index (χ2n) is 6.44. The average Bonchev–Trinajstić information content (AvgIpc) is 2.79. The number of nitrogens with zero attached hydrogens (tertiary/aromatic N) is 3. The Bertz CT molecular complexity index is 624. The summed E-state index contributed by atoms with van der Waals surface area (Å²) in [5.74, 6) is 1.74. The molecule has 1 saturated heterocycles. The first-order valence-corrected chi connectivity index (χ1v) is 8.27. The number of imidazole rings is 1. The normalized spacial score (nSPS) is 19.2. The summed E-state index contributed by atoms with van der Waals surface area (Å²) in [5.41, 5.74) is 3.55. The third-order valence-corrected chi connectivity index (χ3v) is 4.76. The van der Waals surface area contributed by atoms with Gasteiger partial charge in [0.15, 0.2) is 0 Å². The highest BCUT2D eigenvalue weighted by atomic mass is 35.5. The number of halogens is 1. The van der Waals surface area contributed by atoms with E-state index in [1.165, 1.54) is 37.0 Å². The fraction of sp³-hybridized carbons (Fsp3) is 0.588. The zero-order valence-electron chi connectivity index (χ0n) is 13.1. The molecular formula is C17H24ClN3. The van der Waals surface area contributed by atoms with Crippen molar-refractivity contribution >= 4 is 22.6 Å². The summed E-state index contributed by atoms with van der Waals surface area (Å²) in [6.07, 6.45) is 2.52. The molecule has 3 rings (SSSR count). The van der Waals surface area contributed by atoms with Gasteiger partial charge in [-0.2, -0.15) is 0 Å². The first-order chi connectivity index (χ1) is 10.0. The van der Waals surface area contributed by atoms with Gasteiger partial charge in [-0.3, -0.25) is 0 Å². The average molecular weight is 306 g/mol. The Balaban J connectivity index is 1.93. The molecule has 1 aromatic heterocycles.